The smallest absolute Gasteiger partial charge is 0.251 e. The number of halogens is 2. The van der Waals surface area contributed by atoms with E-state index in [4.69, 9.17) is 23.2 Å². The first-order valence-corrected chi connectivity index (χ1v) is 12.6. The van der Waals surface area contributed by atoms with E-state index in [2.05, 4.69) is 47.6 Å². The van der Waals surface area contributed by atoms with Crippen LogP contribution in [0, 0.1) is 6.92 Å². The molecule has 1 aromatic heterocycles. The Balaban J connectivity index is 1.59. The molecule has 1 N–H and O–H groups in total. The second-order valence-electron chi connectivity index (χ2n) is 7.84. The fourth-order valence-corrected chi connectivity index (χ4v) is 4.79. The topological polar surface area (TPSA) is 59.8 Å². The molecule has 0 atom stereocenters. The molecule has 34 heavy (non-hydrogen) atoms. The van der Waals surface area contributed by atoms with Crippen LogP contribution < -0.4 is 5.32 Å². The second-order valence-corrected chi connectivity index (χ2v) is 9.63. The fourth-order valence-electron chi connectivity index (χ4n) is 3.51. The van der Waals surface area contributed by atoms with E-state index in [-0.39, 0.29) is 12.5 Å². The third-order valence-electron chi connectivity index (χ3n) is 5.33. The average molecular weight is 511 g/mol. The highest BCUT2D eigenvalue weighted by molar-refractivity contribution is 7.98. The largest absolute Gasteiger partial charge is 0.345 e. The Morgan fingerprint density at radius 1 is 1.00 bits per heavy atom. The van der Waals surface area contributed by atoms with Crippen molar-refractivity contribution in [1.29, 1.82) is 0 Å². The number of benzene rings is 3. The summed E-state index contributed by atoms with van der Waals surface area (Å²) >= 11 is 14.3. The van der Waals surface area contributed by atoms with Crippen LogP contribution in [-0.4, -0.2) is 20.7 Å². The summed E-state index contributed by atoms with van der Waals surface area (Å²) in [5.41, 5.74) is 4.83. The molecule has 0 saturated heterocycles. The first kappa shape index (κ1) is 24.3. The lowest BCUT2D eigenvalue weighted by molar-refractivity contribution is 0.0949. The van der Waals surface area contributed by atoms with Gasteiger partial charge in [-0.05, 0) is 54.8 Å². The van der Waals surface area contributed by atoms with Gasteiger partial charge in [0.1, 0.15) is 0 Å². The van der Waals surface area contributed by atoms with Crippen LogP contribution in [0.25, 0.3) is 5.69 Å². The van der Waals surface area contributed by atoms with Crippen LogP contribution in [-0.2, 0) is 18.7 Å². The quantitative estimate of drug-likeness (QED) is 0.269. The van der Waals surface area contributed by atoms with Crippen LogP contribution in [0.1, 0.15) is 39.8 Å². The molecule has 4 aromatic rings. The van der Waals surface area contributed by atoms with Gasteiger partial charge in [-0.2, -0.15) is 0 Å². The third-order valence-corrected chi connectivity index (χ3v) is 6.89. The first-order chi connectivity index (χ1) is 16.4. The summed E-state index contributed by atoms with van der Waals surface area (Å²) < 4.78 is 1.86. The van der Waals surface area contributed by atoms with E-state index in [0.717, 1.165) is 6.42 Å². The molecule has 0 aliphatic carbocycles. The maximum absolute atomic E-state index is 12.7. The van der Waals surface area contributed by atoms with Crippen molar-refractivity contribution in [1.82, 2.24) is 20.1 Å². The van der Waals surface area contributed by atoms with Crippen LogP contribution >= 0.6 is 35.0 Å². The number of thioether (sulfide) groups is 1. The summed E-state index contributed by atoms with van der Waals surface area (Å²) in [5.74, 6) is 1.10. The number of carbonyl (C=O) groups is 1. The van der Waals surface area contributed by atoms with Crippen molar-refractivity contribution in [3.05, 3.63) is 105 Å². The molecule has 0 saturated carbocycles. The molecule has 174 valence electrons. The number of nitrogens with one attached hydrogen (secondary N) is 1. The van der Waals surface area contributed by atoms with Gasteiger partial charge >= 0.3 is 0 Å². The molecule has 4 rings (SSSR count). The molecule has 1 amide bonds. The van der Waals surface area contributed by atoms with Gasteiger partial charge < -0.3 is 5.32 Å². The Morgan fingerprint density at radius 2 is 1.79 bits per heavy atom. The van der Waals surface area contributed by atoms with Crippen molar-refractivity contribution >= 4 is 40.9 Å². The van der Waals surface area contributed by atoms with Gasteiger partial charge in [0.05, 0.1) is 17.3 Å². The molecular weight excluding hydrogens is 487 g/mol. The average Bonchev–Trinajstić information content (AvgIpc) is 3.25. The maximum Gasteiger partial charge on any atom is 0.251 e. The molecule has 1 heterocycles. The highest BCUT2D eigenvalue weighted by Gasteiger charge is 2.18. The minimum absolute atomic E-state index is 0.177. The first-order valence-electron chi connectivity index (χ1n) is 10.9. The molecule has 3 aromatic carbocycles. The van der Waals surface area contributed by atoms with Crippen LogP contribution in [0.3, 0.4) is 0 Å². The van der Waals surface area contributed by atoms with E-state index in [0.29, 0.717) is 38.0 Å². The summed E-state index contributed by atoms with van der Waals surface area (Å²) in [6.07, 6.45) is 0.925. The minimum atomic E-state index is -0.177. The minimum Gasteiger partial charge on any atom is -0.345 e. The number of carbonyl (C=O) groups excluding carboxylic acids is 1. The van der Waals surface area contributed by atoms with Crippen molar-refractivity contribution in [3.63, 3.8) is 0 Å². The van der Waals surface area contributed by atoms with Crippen LogP contribution in [0.4, 0.5) is 0 Å². The summed E-state index contributed by atoms with van der Waals surface area (Å²) in [5, 5.41) is 13.4. The summed E-state index contributed by atoms with van der Waals surface area (Å²) in [6.45, 7) is 4.34. The van der Waals surface area contributed by atoms with Gasteiger partial charge in [0.2, 0.25) is 0 Å². The van der Waals surface area contributed by atoms with Gasteiger partial charge in [0, 0.05) is 16.3 Å². The number of amides is 1. The second kappa shape index (κ2) is 11.1. The Morgan fingerprint density at radius 3 is 2.53 bits per heavy atom. The molecule has 8 heteroatoms. The number of aryl methyl sites for hydroxylation is 2. The van der Waals surface area contributed by atoms with Gasteiger partial charge in [0.15, 0.2) is 11.0 Å². The van der Waals surface area contributed by atoms with E-state index < -0.39 is 0 Å². The number of aromatic nitrogens is 3. The zero-order chi connectivity index (χ0) is 24.1. The van der Waals surface area contributed by atoms with Gasteiger partial charge in [-0.3, -0.25) is 9.36 Å². The molecule has 0 fully saturated rings. The van der Waals surface area contributed by atoms with E-state index in [1.165, 1.54) is 16.7 Å². The highest BCUT2D eigenvalue weighted by atomic mass is 35.5. The number of hydrogen-bond acceptors (Lipinski definition) is 4. The monoisotopic (exact) mass is 510 g/mol. The molecule has 0 aliphatic heterocycles. The normalized spacial score (nSPS) is 10.9. The van der Waals surface area contributed by atoms with Gasteiger partial charge in [0.25, 0.3) is 5.91 Å². The molecule has 0 aliphatic rings. The van der Waals surface area contributed by atoms with Crippen molar-refractivity contribution < 1.29 is 4.79 Å². The van der Waals surface area contributed by atoms with E-state index >= 15 is 0 Å². The van der Waals surface area contributed by atoms with Crippen molar-refractivity contribution in [2.45, 2.75) is 37.7 Å². The molecule has 5 nitrogen and oxygen atoms in total. The standard InChI is InChI=1S/C26H24Cl2N4OS/c1-3-18-7-9-20(10-8-18)25(33)29-15-24-30-31-26(34-16-19-6-4-5-17(2)13-19)32(24)23-14-21(27)11-12-22(23)28/h4-14H,3,15-16H2,1-2H3,(H,29,33). The molecule has 0 unspecified atom stereocenters. The number of hydrogen-bond donors (Lipinski definition) is 1. The zero-order valence-corrected chi connectivity index (χ0v) is 21.2. The Labute approximate surface area is 213 Å². The molecule has 0 bridgehead atoms. The summed E-state index contributed by atoms with van der Waals surface area (Å²) in [4.78, 5) is 12.7. The lowest BCUT2D eigenvalue weighted by Crippen LogP contribution is -2.24. The summed E-state index contributed by atoms with van der Waals surface area (Å²) in [7, 11) is 0. The van der Waals surface area contributed by atoms with Crippen molar-refractivity contribution in [2.24, 2.45) is 0 Å². The Kier molecular flexibility index (Phi) is 7.93. The van der Waals surface area contributed by atoms with Crippen LogP contribution in [0.15, 0.2) is 71.9 Å². The highest BCUT2D eigenvalue weighted by Crippen LogP contribution is 2.31. The van der Waals surface area contributed by atoms with Crippen LogP contribution in [0.2, 0.25) is 10.0 Å². The number of rotatable bonds is 8. The zero-order valence-electron chi connectivity index (χ0n) is 18.9. The molecule has 0 spiro atoms. The SMILES string of the molecule is CCc1ccc(C(=O)NCc2nnc(SCc3cccc(C)c3)n2-c2cc(Cl)ccc2Cl)cc1. The van der Waals surface area contributed by atoms with Gasteiger partial charge in [-0.15, -0.1) is 10.2 Å². The van der Waals surface area contributed by atoms with E-state index in [1.54, 1.807) is 30.0 Å². The molecular formula is C26H24Cl2N4OS. The van der Waals surface area contributed by atoms with Crippen molar-refractivity contribution in [2.75, 3.05) is 0 Å². The van der Waals surface area contributed by atoms with Gasteiger partial charge in [-0.25, -0.2) is 0 Å². The maximum atomic E-state index is 12.7. The summed E-state index contributed by atoms with van der Waals surface area (Å²) in [6, 6.07) is 21.2. The predicted molar refractivity (Wildman–Crippen MR) is 139 cm³/mol. The number of nitrogens with zero attached hydrogens (tertiary/aromatic N) is 3. The molecule has 0 radical (unpaired) electrons. The lowest BCUT2D eigenvalue weighted by Gasteiger charge is -2.13. The predicted octanol–water partition coefficient (Wildman–Crippen LogP) is 6.67. The fraction of sp³-hybridized carbons (Fsp3) is 0.192. The Hall–Kier alpha value is -2.80. The van der Waals surface area contributed by atoms with Crippen molar-refractivity contribution in [3.8, 4) is 5.69 Å². The van der Waals surface area contributed by atoms with E-state index in [9.17, 15) is 4.79 Å². The Bertz CT molecular complexity index is 1300. The third kappa shape index (κ3) is 5.81. The lowest BCUT2D eigenvalue weighted by atomic mass is 10.1. The van der Waals surface area contributed by atoms with E-state index in [1.807, 2.05) is 34.9 Å². The van der Waals surface area contributed by atoms with Gasteiger partial charge in [-0.1, -0.05) is 83.8 Å². The van der Waals surface area contributed by atoms with Crippen LogP contribution in [0.5, 0.6) is 0 Å².